The molecule has 7 heteroatoms. The molecule has 1 aromatic heterocycles. The Morgan fingerprint density at radius 2 is 1.76 bits per heavy atom. The molecule has 0 N–H and O–H groups in total. The predicted molar refractivity (Wildman–Crippen MR) is 76.0 cm³/mol. The number of hydrogen-bond acceptors (Lipinski definition) is 3. The number of alkyl halides is 3. The average Bonchev–Trinajstić information content (AvgIpc) is 2.36. The maximum atomic E-state index is 12.7. The van der Waals surface area contributed by atoms with Gasteiger partial charge in [0.2, 0.25) is 5.82 Å². The lowest BCUT2D eigenvalue weighted by molar-refractivity contribution is -0.144. The summed E-state index contributed by atoms with van der Waals surface area (Å²) in [5.74, 6) is -1.16. The molecule has 0 saturated heterocycles. The van der Waals surface area contributed by atoms with Crippen LogP contribution in [0.4, 0.5) is 24.7 Å². The molecule has 1 heterocycles. The van der Waals surface area contributed by atoms with Crippen LogP contribution in [0.1, 0.15) is 17.0 Å². The van der Waals surface area contributed by atoms with E-state index in [0.29, 0.717) is 0 Å². The fraction of sp³-hybridized carbons (Fsp3) is 0.286. The third-order valence-electron chi connectivity index (χ3n) is 2.99. The summed E-state index contributed by atoms with van der Waals surface area (Å²) >= 11 is 5.67. The van der Waals surface area contributed by atoms with Crippen molar-refractivity contribution in [2.24, 2.45) is 0 Å². The van der Waals surface area contributed by atoms with E-state index in [1.165, 1.54) is 6.07 Å². The van der Waals surface area contributed by atoms with Gasteiger partial charge in [-0.2, -0.15) is 13.2 Å². The van der Waals surface area contributed by atoms with Crippen LogP contribution in [0.3, 0.4) is 0 Å². The Labute approximate surface area is 125 Å². The number of aromatic nitrogens is 2. The van der Waals surface area contributed by atoms with Crippen molar-refractivity contribution in [3.8, 4) is 0 Å². The van der Waals surface area contributed by atoms with Crippen LogP contribution < -0.4 is 4.90 Å². The maximum Gasteiger partial charge on any atom is 0.451 e. The minimum Gasteiger partial charge on any atom is -0.329 e. The van der Waals surface area contributed by atoms with Crippen molar-refractivity contribution in [1.82, 2.24) is 9.97 Å². The van der Waals surface area contributed by atoms with Crippen molar-refractivity contribution < 1.29 is 13.2 Å². The van der Waals surface area contributed by atoms with Crippen molar-refractivity contribution in [2.45, 2.75) is 20.0 Å². The topological polar surface area (TPSA) is 29.0 Å². The van der Waals surface area contributed by atoms with Crippen molar-refractivity contribution in [2.75, 3.05) is 11.9 Å². The highest BCUT2D eigenvalue weighted by atomic mass is 35.5. The van der Waals surface area contributed by atoms with Crippen LogP contribution in [-0.4, -0.2) is 17.0 Å². The summed E-state index contributed by atoms with van der Waals surface area (Å²) in [5, 5.41) is -0.246. The van der Waals surface area contributed by atoms with E-state index in [2.05, 4.69) is 9.97 Å². The summed E-state index contributed by atoms with van der Waals surface area (Å²) in [6.07, 6.45) is -4.64. The van der Waals surface area contributed by atoms with Gasteiger partial charge in [0.25, 0.3) is 0 Å². The number of nitrogens with zero attached hydrogens (tertiary/aromatic N) is 3. The van der Waals surface area contributed by atoms with Crippen LogP contribution in [0.25, 0.3) is 0 Å². The highest BCUT2D eigenvalue weighted by molar-refractivity contribution is 6.29. The van der Waals surface area contributed by atoms with Crippen molar-refractivity contribution in [1.29, 1.82) is 0 Å². The summed E-state index contributed by atoms with van der Waals surface area (Å²) in [5.41, 5.74) is 2.76. The van der Waals surface area contributed by atoms with Gasteiger partial charge in [-0.3, -0.25) is 0 Å². The standard InChI is InChI=1S/C14H13ClF3N3/c1-8-4-5-10(9(2)6-8)21(3)12-7-11(15)19-13(20-12)14(16,17)18/h4-7H,1-3H3. The summed E-state index contributed by atoms with van der Waals surface area (Å²) in [6.45, 7) is 3.83. The molecule has 0 fully saturated rings. The molecule has 0 spiro atoms. The molecular formula is C14H13ClF3N3. The lowest BCUT2D eigenvalue weighted by Gasteiger charge is -2.21. The van der Waals surface area contributed by atoms with E-state index < -0.39 is 12.0 Å². The van der Waals surface area contributed by atoms with Gasteiger partial charge >= 0.3 is 6.18 Å². The van der Waals surface area contributed by atoms with Gasteiger partial charge in [-0.15, -0.1) is 0 Å². The Morgan fingerprint density at radius 1 is 1.10 bits per heavy atom. The lowest BCUT2D eigenvalue weighted by atomic mass is 10.1. The molecule has 2 rings (SSSR count). The van der Waals surface area contributed by atoms with Crippen molar-refractivity contribution in [3.63, 3.8) is 0 Å². The first kappa shape index (κ1) is 15.6. The van der Waals surface area contributed by atoms with Crippen LogP contribution in [-0.2, 0) is 6.18 Å². The Morgan fingerprint density at radius 3 is 2.33 bits per heavy atom. The van der Waals surface area contributed by atoms with Gasteiger partial charge in [0.05, 0.1) is 0 Å². The lowest BCUT2D eigenvalue weighted by Crippen LogP contribution is -2.17. The highest BCUT2D eigenvalue weighted by Gasteiger charge is 2.35. The van der Waals surface area contributed by atoms with Gasteiger partial charge in [-0.05, 0) is 25.5 Å². The van der Waals surface area contributed by atoms with Crippen LogP contribution in [0.15, 0.2) is 24.3 Å². The van der Waals surface area contributed by atoms with E-state index in [-0.39, 0.29) is 11.0 Å². The van der Waals surface area contributed by atoms with Gasteiger partial charge in [0.1, 0.15) is 11.0 Å². The van der Waals surface area contributed by atoms with Gasteiger partial charge in [0.15, 0.2) is 0 Å². The molecular weight excluding hydrogens is 303 g/mol. The molecule has 0 atom stereocenters. The zero-order valence-corrected chi connectivity index (χ0v) is 12.4. The summed E-state index contributed by atoms with van der Waals surface area (Å²) in [6, 6.07) is 6.95. The van der Waals surface area contributed by atoms with Crippen LogP contribution in [0.5, 0.6) is 0 Å². The van der Waals surface area contributed by atoms with E-state index in [1.807, 2.05) is 32.0 Å². The molecule has 0 aliphatic heterocycles. The number of aryl methyl sites for hydroxylation is 2. The first-order chi connectivity index (χ1) is 9.68. The number of rotatable bonds is 2. The molecule has 0 aliphatic carbocycles. The average molecular weight is 316 g/mol. The largest absolute Gasteiger partial charge is 0.451 e. The molecule has 0 radical (unpaired) electrons. The first-order valence-electron chi connectivity index (χ1n) is 6.11. The second kappa shape index (κ2) is 5.52. The van der Waals surface area contributed by atoms with Gasteiger partial charge < -0.3 is 4.90 Å². The van der Waals surface area contributed by atoms with Gasteiger partial charge in [-0.1, -0.05) is 29.3 Å². The highest BCUT2D eigenvalue weighted by Crippen LogP contribution is 2.32. The first-order valence-corrected chi connectivity index (χ1v) is 6.49. The summed E-state index contributed by atoms with van der Waals surface area (Å²) in [4.78, 5) is 8.32. The zero-order valence-electron chi connectivity index (χ0n) is 11.7. The summed E-state index contributed by atoms with van der Waals surface area (Å²) in [7, 11) is 1.64. The van der Waals surface area contributed by atoms with Crippen molar-refractivity contribution in [3.05, 3.63) is 46.4 Å². The molecule has 21 heavy (non-hydrogen) atoms. The van der Waals surface area contributed by atoms with E-state index in [1.54, 1.807) is 11.9 Å². The number of benzene rings is 1. The fourth-order valence-corrected chi connectivity index (χ4v) is 2.19. The summed E-state index contributed by atoms with van der Waals surface area (Å²) < 4.78 is 38.2. The molecule has 1 aromatic carbocycles. The number of hydrogen-bond donors (Lipinski definition) is 0. The molecule has 0 amide bonds. The van der Waals surface area contributed by atoms with Gasteiger partial charge in [-0.25, -0.2) is 9.97 Å². The smallest absolute Gasteiger partial charge is 0.329 e. The van der Waals surface area contributed by atoms with E-state index in [4.69, 9.17) is 11.6 Å². The molecule has 0 aliphatic rings. The minimum absolute atomic E-state index is 0.0919. The quantitative estimate of drug-likeness (QED) is 0.762. The molecule has 112 valence electrons. The number of anilines is 2. The zero-order chi connectivity index (χ0) is 15.8. The maximum absolute atomic E-state index is 12.7. The predicted octanol–water partition coefficient (Wildman–Crippen LogP) is 4.53. The Bertz CT molecular complexity index is 671. The monoisotopic (exact) mass is 315 g/mol. The fourth-order valence-electron chi connectivity index (χ4n) is 2.01. The van der Waals surface area contributed by atoms with E-state index in [0.717, 1.165) is 16.8 Å². The van der Waals surface area contributed by atoms with Crippen LogP contribution in [0.2, 0.25) is 5.15 Å². The minimum atomic E-state index is -4.64. The Balaban J connectivity index is 2.48. The van der Waals surface area contributed by atoms with Crippen molar-refractivity contribution >= 4 is 23.1 Å². The number of halogens is 4. The third kappa shape index (κ3) is 3.44. The van der Waals surface area contributed by atoms with E-state index in [9.17, 15) is 13.2 Å². The molecule has 2 aromatic rings. The molecule has 0 bridgehead atoms. The Kier molecular flexibility index (Phi) is 4.09. The second-order valence-corrected chi connectivity index (χ2v) is 5.11. The molecule has 0 saturated carbocycles. The Hall–Kier alpha value is -1.82. The van der Waals surface area contributed by atoms with Crippen LogP contribution >= 0.6 is 11.6 Å². The normalized spacial score (nSPS) is 11.6. The SMILES string of the molecule is Cc1ccc(N(C)c2cc(Cl)nc(C(F)(F)F)n2)c(C)c1. The molecule has 0 unspecified atom stereocenters. The van der Waals surface area contributed by atoms with Gasteiger partial charge in [0, 0.05) is 18.8 Å². The second-order valence-electron chi connectivity index (χ2n) is 4.72. The van der Waals surface area contributed by atoms with E-state index >= 15 is 0 Å². The van der Waals surface area contributed by atoms with Crippen LogP contribution in [0, 0.1) is 13.8 Å². The third-order valence-corrected chi connectivity index (χ3v) is 3.19. The molecule has 3 nitrogen and oxygen atoms in total.